The molecule has 0 atom stereocenters. The number of hydrogen-bond acceptors (Lipinski definition) is 7. The summed E-state index contributed by atoms with van der Waals surface area (Å²) in [6.07, 6.45) is 1.32. The van der Waals surface area contributed by atoms with E-state index < -0.39 is 15.8 Å². The molecule has 150 valence electrons. The van der Waals surface area contributed by atoms with Crippen molar-refractivity contribution in [3.8, 4) is 5.75 Å². The predicted molar refractivity (Wildman–Crippen MR) is 98.0 cm³/mol. The fourth-order valence-corrected chi connectivity index (χ4v) is 4.11. The summed E-state index contributed by atoms with van der Waals surface area (Å²) in [5, 5.41) is 0. The third kappa shape index (κ3) is 4.09. The first-order valence-corrected chi connectivity index (χ1v) is 10.3. The molecule has 0 radical (unpaired) electrons. The molecule has 0 spiro atoms. The van der Waals surface area contributed by atoms with Gasteiger partial charge in [-0.05, 0) is 24.3 Å². The SMILES string of the molecule is O=S(=O)(NCc1cc(F)cc2c1OCOC2)c1ccc(N2CCOCC2)nc1. The molecule has 3 heterocycles. The van der Waals surface area contributed by atoms with Crippen molar-refractivity contribution in [2.75, 3.05) is 38.0 Å². The van der Waals surface area contributed by atoms with Crippen LogP contribution in [0.25, 0.3) is 0 Å². The van der Waals surface area contributed by atoms with Crippen LogP contribution in [-0.2, 0) is 32.6 Å². The summed E-state index contributed by atoms with van der Waals surface area (Å²) < 4.78 is 57.3. The van der Waals surface area contributed by atoms with E-state index in [4.69, 9.17) is 14.2 Å². The van der Waals surface area contributed by atoms with Gasteiger partial charge in [-0.2, -0.15) is 0 Å². The van der Waals surface area contributed by atoms with Gasteiger partial charge in [-0.1, -0.05) is 0 Å². The van der Waals surface area contributed by atoms with Gasteiger partial charge >= 0.3 is 0 Å². The molecule has 1 aromatic heterocycles. The highest BCUT2D eigenvalue weighted by Gasteiger charge is 2.21. The summed E-state index contributed by atoms with van der Waals surface area (Å²) in [4.78, 5) is 6.33. The molecule has 2 aliphatic rings. The Morgan fingerprint density at radius 1 is 1.18 bits per heavy atom. The molecule has 28 heavy (non-hydrogen) atoms. The monoisotopic (exact) mass is 409 g/mol. The van der Waals surface area contributed by atoms with E-state index >= 15 is 0 Å². The lowest BCUT2D eigenvalue weighted by atomic mass is 10.1. The highest BCUT2D eigenvalue weighted by atomic mass is 32.2. The summed E-state index contributed by atoms with van der Waals surface area (Å²) in [5.41, 5.74) is 0.969. The van der Waals surface area contributed by atoms with Gasteiger partial charge in [-0.25, -0.2) is 22.5 Å². The average Bonchev–Trinajstić information content (AvgIpc) is 2.73. The first-order valence-electron chi connectivity index (χ1n) is 8.83. The zero-order valence-electron chi connectivity index (χ0n) is 15.1. The van der Waals surface area contributed by atoms with E-state index in [1.165, 1.54) is 24.4 Å². The zero-order valence-corrected chi connectivity index (χ0v) is 15.9. The fraction of sp³-hybridized carbons (Fsp3) is 0.389. The highest BCUT2D eigenvalue weighted by molar-refractivity contribution is 7.89. The Morgan fingerprint density at radius 3 is 2.75 bits per heavy atom. The first kappa shape index (κ1) is 19.1. The van der Waals surface area contributed by atoms with Gasteiger partial charge in [0, 0.05) is 37.0 Å². The van der Waals surface area contributed by atoms with Gasteiger partial charge in [0.05, 0.1) is 19.8 Å². The molecule has 0 bridgehead atoms. The van der Waals surface area contributed by atoms with Crippen LogP contribution in [0.1, 0.15) is 11.1 Å². The van der Waals surface area contributed by atoms with Crippen molar-refractivity contribution in [1.29, 1.82) is 0 Å². The topological polar surface area (TPSA) is 90.0 Å². The Balaban J connectivity index is 1.48. The molecule has 1 N–H and O–H groups in total. The van der Waals surface area contributed by atoms with Crippen LogP contribution < -0.4 is 14.4 Å². The van der Waals surface area contributed by atoms with Crippen LogP contribution in [0, 0.1) is 5.82 Å². The lowest BCUT2D eigenvalue weighted by Crippen LogP contribution is -2.36. The van der Waals surface area contributed by atoms with Gasteiger partial charge < -0.3 is 19.1 Å². The number of halogens is 1. The minimum atomic E-state index is -3.81. The molecular formula is C18H20FN3O5S. The summed E-state index contributed by atoms with van der Waals surface area (Å²) >= 11 is 0. The predicted octanol–water partition coefficient (Wildman–Crippen LogP) is 1.40. The number of hydrogen-bond donors (Lipinski definition) is 1. The van der Waals surface area contributed by atoms with Crippen molar-refractivity contribution < 1.29 is 27.0 Å². The van der Waals surface area contributed by atoms with E-state index in [0.29, 0.717) is 49.0 Å². The number of morpholine rings is 1. The number of ether oxygens (including phenoxy) is 3. The van der Waals surface area contributed by atoms with Crippen LogP contribution in [0.5, 0.6) is 5.75 Å². The molecule has 10 heteroatoms. The quantitative estimate of drug-likeness (QED) is 0.798. The minimum Gasteiger partial charge on any atom is -0.467 e. The van der Waals surface area contributed by atoms with Gasteiger partial charge in [0.2, 0.25) is 10.0 Å². The smallest absolute Gasteiger partial charge is 0.242 e. The van der Waals surface area contributed by atoms with Crippen LogP contribution in [0.4, 0.5) is 10.2 Å². The third-order valence-electron chi connectivity index (χ3n) is 4.57. The highest BCUT2D eigenvalue weighted by Crippen LogP contribution is 2.29. The van der Waals surface area contributed by atoms with Crippen molar-refractivity contribution in [2.24, 2.45) is 0 Å². The van der Waals surface area contributed by atoms with Crippen LogP contribution in [0.15, 0.2) is 35.4 Å². The maximum Gasteiger partial charge on any atom is 0.242 e. The van der Waals surface area contributed by atoms with Gasteiger partial charge in [0.15, 0.2) is 6.79 Å². The molecule has 2 aliphatic heterocycles. The van der Waals surface area contributed by atoms with Crippen molar-refractivity contribution >= 4 is 15.8 Å². The first-order chi connectivity index (χ1) is 13.5. The second-order valence-electron chi connectivity index (χ2n) is 6.44. The number of sulfonamides is 1. The summed E-state index contributed by atoms with van der Waals surface area (Å²) in [5.74, 6) is 0.685. The molecule has 1 saturated heterocycles. The summed E-state index contributed by atoms with van der Waals surface area (Å²) in [6.45, 7) is 2.83. The Labute approximate surface area is 162 Å². The number of rotatable bonds is 5. The number of aromatic nitrogens is 1. The zero-order chi connectivity index (χ0) is 19.6. The van der Waals surface area contributed by atoms with Crippen LogP contribution in [0.3, 0.4) is 0 Å². The number of nitrogens with one attached hydrogen (secondary N) is 1. The van der Waals surface area contributed by atoms with Crippen molar-refractivity contribution in [3.63, 3.8) is 0 Å². The summed E-state index contributed by atoms with van der Waals surface area (Å²) in [6, 6.07) is 5.75. The number of pyridine rings is 1. The van der Waals surface area contributed by atoms with E-state index in [0.717, 1.165) is 0 Å². The molecule has 0 amide bonds. The standard InChI is InChI=1S/C18H20FN3O5S/c19-15-7-13(18-14(8-15)11-26-12-27-18)9-21-28(23,24)16-1-2-17(20-10-16)22-3-5-25-6-4-22/h1-2,7-8,10,21H,3-6,9,11-12H2. The molecule has 4 rings (SSSR count). The molecule has 8 nitrogen and oxygen atoms in total. The second-order valence-corrected chi connectivity index (χ2v) is 8.21. The lowest BCUT2D eigenvalue weighted by Gasteiger charge is -2.27. The number of nitrogens with zero attached hydrogens (tertiary/aromatic N) is 2. The Bertz CT molecular complexity index is 946. The van der Waals surface area contributed by atoms with E-state index in [9.17, 15) is 12.8 Å². The molecule has 2 aromatic rings. The molecule has 0 unspecified atom stereocenters. The summed E-state index contributed by atoms with van der Waals surface area (Å²) in [7, 11) is -3.81. The fourth-order valence-electron chi connectivity index (χ4n) is 3.16. The Kier molecular flexibility index (Phi) is 5.44. The van der Waals surface area contributed by atoms with Gasteiger partial charge in [0.25, 0.3) is 0 Å². The molecule has 0 saturated carbocycles. The van der Waals surface area contributed by atoms with Crippen LogP contribution >= 0.6 is 0 Å². The van der Waals surface area contributed by atoms with E-state index in [2.05, 4.69) is 9.71 Å². The largest absolute Gasteiger partial charge is 0.467 e. The number of benzene rings is 1. The van der Waals surface area contributed by atoms with Gasteiger partial charge in [0.1, 0.15) is 22.3 Å². The maximum absolute atomic E-state index is 13.8. The van der Waals surface area contributed by atoms with E-state index in [1.807, 2.05) is 4.90 Å². The normalized spacial score (nSPS) is 17.1. The number of anilines is 1. The van der Waals surface area contributed by atoms with Crippen LogP contribution in [-0.4, -0.2) is 46.5 Å². The van der Waals surface area contributed by atoms with E-state index in [1.54, 1.807) is 6.07 Å². The molecular weight excluding hydrogens is 389 g/mol. The Morgan fingerprint density at radius 2 is 2.00 bits per heavy atom. The van der Waals surface area contributed by atoms with Crippen molar-refractivity contribution in [1.82, 2.24) is 9.71 Å². The maximum atomic E-state index is 13.8. The van der Waals surface area contributed by atoms with E-state index in [-0.39, 0.29) is 24.8 Å². The van der Waals surface area contributed by atoms with Gasteiger partial charge in [-0.15, -0.1) is 0 Å². The minimum absolute atomic E-state index is 0.0408. The van der Waals surface area contributed by atoms with Crippen molar-refractivity contribution in [2.45, 2.75) is 18.0 Å². The van der Waals surface area contributed by atoms with Crippen molar-refractivity contribution in [3.05, 3.63) is 47.4 Å². The molecule has 0 aliphatic carbocycles. The lowest BCUT2D eigenvalue weighted by molar-refractivity contribution is -0.0172. The average molecular weight is 409 g/mol. The molecule has 1 fully saturated rings. The second kappa shape index (κ2) is 8.00. The molecule has 1 aromatic carbocycles. The third-order valence-corrected chi connectivity index (χ3v) is 5.96. The number of fused-ring (bicyclic) bond motifs is 1. The Hall–Kier alpha value is -2.27. The van der Waals surface area contributed by atoms with Gasteiger partial charge in [-0.3, -0.25) is 0 Å². The van der Waals surface area contributed by atoms with Crippen LogP contribution in [0.2, 0.25) is 0 Å².